The maximum Gasteiger partial charge on any atom is 0.354 e. The summed E-state index contributed by atoms with van der Waals surface area (Å²) in [7, 11) is 0. The number of H-pyrrole nitrogens is 1. The number of rotatable bonds is 3. The first-order valence-electron chi connectivity index (χ1n) is 6.85. The normalized spacial score (nSPS) is 13.5. The van der Waals surface area contributed by atoms with Crippen LogP contribution in [0.5, 0.6) is 0 Å². The van der Waals surface area contributed by atoms with Crippen LogP contribution in [-0.2, 0) is 12.8 Å². The van der Waals surface area contributed by atoms with Gasteiger partial charge in [0.2, 0.25) is 0 Å². The SMILES string of the molecule is O=C(Nc1cccc2c1CCCC2)c1nc[nH]c1C(=O)O. The molecule has 1 heterocycles. The first-order valence-corrected chi connectivity index (χ1v) is 6.85. The van der Waals surface area contributed by atoms with Crippen LogP contribution in [0.15, 0.2) is 24.5 Å². The molecule has 1 aromatic carbocycles. The average Bonchev–Trinajstić information content (AvgIpc) is 2.97. The highest BCUT2D eigenvalue weighted by Gasteiger charge is 2.21. The number of aromatic carboxylic acids is 1. The fourth-order valence-electron chi connectivity index (χ4n) is 2.71. The fraction of sp³-hybridized carbons (Fsp3) is 0.267. The van der Waals surface area contributed by atoms with Crippen molar-refractivity contribution in [2.24, 2.45) is 0 Å². The third kappa shape index (κ3) is 2.52. The monoisotopic (exact) mass is 285 g/mol. The van der Waals surface area contributed by atoms with Crippen LogP contribution in [0.4, 0.5) is 5.69 Å². The van der Waals surface area contributed by atoms with Crippen molar-refractivity contribution in [1.82, 2.24) is 9.97 Å². The summed E-state index contributed by atoms with van der Waals surface area (Å²) in [6.07, 6.45) is 5.41. The Morgan fingerprint density at radius 3 is 2.86 bits per heavy atom. The number of hydrogen-bond acceptors (Lipinski definition) is 3. The minimum atomic E-state index is -1.20. The number of fused-ring (bicyclic) bond motifs is 1. The van der Waals surface area contributed by atoms with E-state index in [-0.39, 0.29) is 11.4 Å². The van der Waals surface area contributed by atoms with Crippen molar-refractivity contribution in [1.29, 1.82) is 0 Å². The number of carboxylic acid groups (broad SMARTS) is 1. The lowest BCUT2D eigenvalue weighted by molar-refractivity contribution is 0.0686. The molecule has 6 heteroatoms. The Morgan fingerprint density at radius 1 is 1.24 bits per heavy atom. The van der Waals surface area contributed by atoms with E-state index in [0.717, 1.165) is 36.9 Å². The van der Waals surface area contributed by atoms with Gasteiger partial charge in [-0.25, -0.2) is 9.78 Å². The van der Waals surface area contributed by atoms with E-state index in [2.05, 4.69) is 21.4 Å². The molecule has 6 nitrogen and oxygen atoms in total. The van der Waals surface area contributed by atoms with Crippen molar-refractivity contribution in [3.8, 4) is 0 Å². The minimum Gasteiger partial charge on any atom is -0.477 e. The van der Waals surface area contributed by atoms with Crippen LogP contribution in [0.2, 0.25) is 0 Å². The highest BCUT2D eigenvalue weighted by atomic mass is 16.4. The van der Waals surface area contributed by atoms with Crippen LogP contribution < -0.4 is 5.32 Å². The lowest BCUT2D eigenvalue weighted by Crippen LogP contribution is -2.18. The molecular formula is C15H15N3O3. The fourth-order valence-corrected chi connectivity index (χ4v) is 2.71. The number of aryl methyl sites for hydroxylation is 1. The van der Waals surface area contributed by atoms with Gasteiger partial charge in [0.05, 0.1) is 6.33 Å². The van der Waals surface area contributed by atoms with Gasteiger partial charge in [0, 0.05) is 5.69 Å². The smallest absolute Gasteiger partial charge is 0.354 e. The van der Waals surface area contributed by atoms with Gasteiger partial charge in [-0.15, -0.1) is 0 Å². The highest BCUT2D eigenvalue weighted by Crippen LogP contribution is 2.28. The summed E-state index contributed by atoms with van der Waals surface area (Å²) in [5.41, 5.74) is 2.84. The molecule has 3 rings (SSSR count). The van der Waals surface area contributed by atoms with Crippen molar-refractivity contribution < 1.29 is 14.7 Å². The molecule has 21 heavy (non-hydrogen) atoms. The molecule has 0 atom stereocenters. The summed E-state index contributed by atoms with van der Waals surface area (Å²) in [5.74, 6) is -1.71. The van der Waals surface area contributed by atoms with Crippen LogP contribution in [0.25, 0.3) is 0 Å². The largest absolute Gasteiger partial charge is 0.477 e. The number of aromatic nitrogens is 2. The van der Waals surface area contributed by atoms with E-state index in [1.165, 1.54) is 11.9 Å². The van der Waals surface area contributed by atoms with E-state index in [1.807, 2.05) is 12.1 Å². The standard InChI is InChI=1S/C15H15N3O3/c19-14(12-13(15(20)21)17-8-16-12)18-11-7-3-5-9-4-1-2-6-10(9)11/h3,5,7-8H,1-2,4,6H2,(H,16,17)(H,18,19)(H,20,21). The second-order valence-electron chi connectivity index (χ2n) is 5.04. The lowest BCUT2D eigenvalue weighted by atomic mass is 9.90. The zero-order valence-corrected chi connectivity index (χ0v) is 11.3. The first-order chi connectivity index (χ1) is 10.2. The summed E-state index contributed by atoms with van der Waals surface area (Å²) >= 11 is 0. The van der Waals surface area contributed by atoms with Crippen molar-refractivity contribution in [3.63, 3.8) is 0 Å². The number of carbonyl (C=O) groups is 2. The molecule has 0 saturated heterocycles. The number of carboxylic acids is 1. The summed E-state index contributed by atoms with van der Waals surface area (Å²) in [6.45, 7) is 0. The van der Waals surface area contributed by atoms with Gasteiger partial charge in [0.1, 0.15) is 0 Å². The average molecular weight is 285 g/mol. The van der Waals surface area contributed by atoms with E-state index in [9.17, 15) is 9.59 Å². The zero-order valence-electron chi connectivity index (χ0n) is 11.3. The summed E-state index contributed by atoms with van der Waals surface area (Å²) in [4.78, 5) is 29.5. The maximum absolute atomic E-state index is 12.2. The molecule has 1 aromatic heterocycles. The van der Waals surface area contributed by atoms with Gasteiger partial charge < -0.3 is 15.4 Å². The molecule has 0 bridgehead atoms. The number of hydrogen-bond donors (Lipinski definition) is 3. The van der Waals surface area contributed by atoms with Gasteiger partial charge in [-0.2, -0.15) is 0 Å². The van der Waals surface area contributed by atoms with Crippen molar-refractivity contribution in [2.75, 3.05) is 5.32 Å². The topological polar surface area (TPSA) is 95.1 Å². The Balaban J connectivity index is 1.88. The number of imidazole rings is 1. The first kappa shape index (κ1) is 13.4. The predicted octanol–water partition coefficient (Wildman–Crippen LogP) is 2.24. The van der Waals surface area contributed by atoms with Gasteiger partial charge in [-0.3, -0.25) is 4.79 Å². The molecular weight excluding hydrogens is 270 g/mol. The Morgan fingerprint density at radius 2 is 2.05 bits per heavy atom. The molecule has 0 saturated carbocycles. The Bertz CT molecular complexity index is 706. The molecule has 3 N–H and O–H groups in total. The number of benzene rings is 1. The van der Waals surface area contributed by atoms with Crippen molar-refractivity contribution in [2.45, 2.75) is 25.7 Å². The van der Waals surface area contributed by atoms with Crippen molar-refractivity contribution >= 4 is 17.6 Å². The van der Waals surface area contributed by atoms with Gasteiger partial charge in [-0.05, 0) is 42.9 Å². The second-order valence-corrected chi connectivity index (χ2v) is 5.04. The Hall–Kier alpha value is -2.63. The summed E-state index contributed by atoms with van der Waals surface area (Å²) in [6, 6.07) is 5.82. The second kappa shape index (κ2) is 5.40. The molecule has 2 aromatic rings. The maximum atomic E-state index is 12.2. The van der Waals surface area contributed by atoms with Gasteiger partial charge in [-0.1, -0.05) is 12.1 Å². The number of carbonyl (C=O) groups excluding carboxylic acids is 1. The number of nitrogens with zero attached hydrogens (tertiary/aromatic N) is 1. The predicted molar refractivity (Wildman–Crippen MR) is 76.6 cm³/mol. The summed E-state index contributed by atoms with van der Waals surface area (Å²) in [5, 5.41) is 11.8. The summed E-state index contributed by atoms with van der Waals surface area (Å²) < 4.78 is 0. The molecule has 0 spiro atoms. The molecule has 0 aliphatic heterocycles. The van der Waals surface area contributed by atoms with E-state index < -0.39 is 11.9 Å². The highest BCUT2D eigenvalue weighted by molar-refractivity contribution is 6.08. The number of amides is 1. The zero-order chi connectivity index (χ0) is 14.8. The molecule has 0 radical (unpaired) electrons. The minimum absolute atomic E-state index is 0.101. The molecule has 0 fully saturated rings. The third-order valence-electron chi connectivity index (χ3n) is 3.71. The van der Waals surface area contributed by atoms with Crippen LogP contribution in [0, 0.1) is 0 Å². The molecule has 1 amide bonds. The quantitative estimate of drug-likeness (QED) is 0.806. The van der Waals surface area contributed by atoms with Gasteiger partial charge >= 0.3 is 5.97 Å². The molecule has 1 aliphatic carbocycles. The van der Waals surface area contributed by atoms with E-state index >= 15 is 0 Å². The van der Waals surface area contributed by atoms with E-state index in [1.54, 1.807) is 0 Å². The lowest BCUT2D eigenvalue weighted by Gasteiger charge is -2.19. The third-order valence-corrected chi connectivity index (χ3v) is 3.71. The van der Waals surface area contributed by atoms with Crippen LogP contribution in [0.3, 0.4) is 0 Å². The van der Waals surface area contributed by atoms with Crippen molar-refractivity contribution in [3.05, 3.63) is 47.0 Å². The molecule has 108 valence electrons. The van der Waals surface area contributed by atoms with Crippen LogP contribution in [-0.4, -0.2) is 27.0 Å². The number of anilines is 1. The van der Waals surface area contributed by atoms with Gasteiger partial charge in [0.15, 0.2) is 11.4 Å². The number of aromatic amines is 1. The molecule has 1 aliphatic rings. The number of nitrogens with one attached hydrogen (secondary N) is 2. The Kier molecular flexibility index (Phi) is 3.43. The van der Waals surface area contributed by atoms with E-state index in [0.29, 0.717) is 0 Å². The van der Waals surface area contributed by atoms with Crippen LogP contribution >= 0.6 is 0 Å². The van der Waals surface area contributed by atoms with Gasteiger partial charge in [0.25, 0.3) is 5.91 Å². The van der Waals surface area contributed by atoms with Crippen LogP contribution in [0.1, 0.15) is 44.9 Å². The Labute approximate surface area is 121 Å². The van der Waals surface area contributed by atoms with E-state index in [4.69, 9.17) is 5.11 Å². The molecule has 0 unspecified atom stereocenters.